The van der Waals surface area contributed by atoms with Gasteiger partial charge in [0, 0.05) is 12.4 Å². The highest BCUT2D eigenvalue weighted by atomic mass is 16.5. The number of rotatable bonds is 3. The van der Waals surface area contributed by atoms with Crippen molar-refractivity contribution < 1.29 is 9.47 Å². The Balaban J connectivity index is 2.24. The summed E-state index contributed by atoms with van der Waals surface area (Å²) in [6.45, 7) is 0. The van der Waals surface area contributed by atoms with Crippen LogP contribution < -0.4 is 9.47 Å². The Labute approximate surface area is 88.3 Å². The van der Waals surface area contributed by atoms with E-state index in [1.807, 2.05) is 24.3 Å². The predicted octanol–water partition coefficient (Wildman–Crippen LogP) is 2.88. The molecule has 1 aromatic heterocycles. The largest absolute Gasteiger partial charge is 0.493 e. The van der Waals surface area contributed by atoms with E-state index in [0.717, 1.165) is 5.75 Å². The van der Waals surface area contributed by atoms with Crippen LogP contribution in [-0.2, 0) is 0 Å². The predicted molar refractivity (Wildman–Crippen MR) is 57.3 cm³/mol. The number of para-hydroxylation sites is 2. The molecule has 76 valence electrons. The summed E-state index contributed by atoms with van der Waals surface area (Å²) in [6.07, 6.45) is 3.37. The molecule has 1 aromatic carbocycles. The van der Waals surface area contributed by atoms with E-state index in [0.29, 0.717) is 11.5 Å². The number of pyridine rings is 1. The molecule has 3 nitrogen and oxygen atoms in total. The molecule has 2 aromatic rings. The third-order valence-corrected chi connectivity index (χ3v) is 1.95. The van der Waals surface area contributed by atoms with Crippen LogP contribution in [0, 0.1) is 0 Å². The Hall–Kier alpha value is -2.03. The maximum atomic E-state index is 5.64. The fourth-order valence-electron chi connectivity index (χ4n) is 1.24. The van der Waals surface area contributed by atoms with E-state index in [1.165, 1.54) is 0 Å². The van der Waals surface area contributed by atoms with E-state index < -0.39 is 0 Å². The molecule has 3 heteroatoms. The molecule has 2 rings (SSSR count). The SMILES string of the molecule is COc1ccccc1Oc1ccncc1. The highest BCUT2D eigenvalue weighted by Crippen LogP contribution is 2.30. The molecule has 0 radical (unpaired) electrons. The van der Waals surface area contributed by atoms with Gasteiger partial charge in [-0.1, -0.05) is 12.1 Å². The monoisotopic (exact) mass is 201 g/mol. The van der Waals surface area contributed by atoms with Gasteiger partial charge in [0.05, 0.1) is 7.11 Å². The average molecular weight is 201 g/mol. The highest BCUT2D eigenvalue weighted by Gasteiger charge is 2.02. The minimum atomic E-state index is 0.700. The third kappa shape index (κ3) is 2.26. The maximum Gasteiger partial charge on any atom is 0.169 e. The van der Waals surface area contributed by atoms with Crippen molar-refractivity contribution in [1.29, 1.82) is 0 Å². The molecule has 0 N–H and O–H groups in total. The van der Waals surface area contributed by atoms with Crippen molar-refractivity contribution in [2.45, 2.75) is 0 Å². The lowest BCUT2D eigenvalue weighted by atomic mass is 10.3. The zero-order valence-electron chi connectivity index (χ0n) is 8.38. The summed E-state index contributed by atoms with van der Waals surface area (Å²) < 4.78 is 10.8. The number of aromatic nitrogens is 1. The van der Waals surface area contributed by atoms with Crippen LogP contribution in [0.3, 0.4) is 0 Å². The Morgan fingerprint density at radius 2 is 1.60 bits per heavy atom. The standard InChI is InChI=1S/C12H11NO2/c1-14-11-4-2-3-5-12(11)15-10-6-8-13-9-7-10/h2-9H,1H3. The first-order chi connectivity index (χ1) is 7.40. The lowest BCUT2D eigenvalue weighted by Gasteiger charge is -2.09. The van der Waals surface area contributed by atoms with Crippen LogP contribution in [0.25, 0.3) is 0 Å². The minimum absolute atomic E-state index is 0.700. The molecule has 0 spiro atoms. The summed E-state index contributed by atoms with van der Waals surface area (Å²) in [5.74, 6) is 2.16. The molecular weight excluding hydrogens is 190 g/mol. The van der Waals surface area contributed by atoms with Crippen LogP contribution >= 0.6 is 0 Å². The topological polar surface area (TPSA) is 31.4 Å². The second-order valence-corrected chi connectivity index (χ2v) is 2.94. The molecule has 15 heavy (non-hydrogen) atoms. The van der Waals surface area contributed by atoms with Gasteiger partial charge in [0.15, 0.2) is 11.5 Å². The molecule has 0 amide bonds. The normalized spacial score (nSPS) is 9.67. The fraction of sp³-hybridized carbons (Fsp3) is 0.0833. The van der Waals surface area contributed by atoms with Crippen molar-refractivity contribution in [1.82, 2.24) is 4.98 Å². The second-order valence-electron chi connectivity index (χ2n) is 2.94. The van der Waals surface area contributed by atoms with Crippen LogP contribution in [0.5, 0.6) is 17.2 Å². The number of hydrogen-bond donors (Lipinski definition) is 0. The summed E-state index contributed by atoms with van der Waals surface area (Å²) in [7, 11) is 1.62. The molecule has 1 heterocycles. The van der Waals surface area contributed by atoms with E-state index in [1.54, 1.807) is 31.6 Å². The van der Waals surface area contributed by atoms with Crippen LogP contribution in [0.4, 0.5) is 0 Å². The first kappa shape index (κ1) is 9.52. The zero-order valence-corrected chi connectivity index (χ0v) is 8.38. The van der Waals surface area contributed by atoms with Crippen LogP contribution in [-0.4, -0.2) is 12.1 Å². The summed E-state index contributed by atoms with van der Waals surface area (Å²) in [5, 5.41) is 0. The minimum Gasteiger partial charge on any atom is -0.493 e. The van der Waals surface area contributed by atoms with Gasteiger partial charge in [-0.25, -0.2) is 0 Å². The molecule has 0 unspecified atom stereocenters. The van der Waals surface area contributed by atoms with Gasteiger partial charge in [0.1, 0.15) is 5.75 Å². The van der Waals surface area contributed by atoms with Crippen molar-refractivity contribution in [3.63, 3.8) is 0 Å². The molecule has 0 fully saturated rings. The summed E-state index contributed by atoms with van der Waals surface area (Å²) in [6, 6.07) is 11.1. The van der Waals surface area contributed by atoms with E-state index in [2.05, 4.69) is 4.98 Å². The van der Waals surface area contributed by atoms with Gasteiger partial charge < -0.3 is 9.47 Å². The number of ether oxygens (including phenoxy) is 2. The lowest BCUT2D eigenvalue weighted by Crippen LogP contribution is -1.89. The van der Waals surface area contributed by atoms with Crippen molar-refractivity contribution in [2.75, 3.05) is 7.11 Å². The quantitative estimate of drug-likeness (QED) is 0.765. The molecule has 0 bridgehead atoms. The second kappa shape index (κ2) is 4.46. The van der Waals surface area contributed by atoms with Gasteiger partial charge in [-0.15, -0.1) is 0 Å². The molecule has 0 aliphatic heterocycles. The number of benzene rings is 1. The maximum absolute atomic E-state index is 5.64. The zero-order chi connectivity index (χ0) is 10.5. The van der Waals surface area contributed by atoms with Crippen molar-refractivity contribution in [3.8, 4) is 17.2 Å². The first-order valence-corrected chi connectivity index (χ1v) is 4.61. The van der Waals surface area contributed by atoms with E-state index in [4.69, 9.17) is 9.47 Å². The Bertz CT molecular complexity index is 429. The van der Waals surface area contributed by atoms with Crippen molar-refractivity contribution in [2.24, 2.45) is 0 Å². The van der Waals surface area contributed by atoms with Crippen LogP contribution in [0.2, 0.25) is 0 Å². The fourth-order valence-corrected chi connectivity index (χ4v) is 1.24. The summed E-state index contributed by atoms with van der Waals surface area (Å²) >= 11 is 0. The summed E-state index contributed by atoms with van der Waals surface area (Å²) in [4.78, 5) is 3.92. The number of nitrogens with zero attached hydrogens (tertiary/aromatic N) is 1. The van der Waals surface area contributed by atoms with Gasteiger partial charge >= 0.3 is 0 Å². The van der Waals surface area contributed by atoms with Gasteiger partial charge in [-0.3, -0.25) is 4.98 Å². The highest BCUT2D eigenvalue weighted by molar-refractivity contribution is 5.42. The van der Waals surface area contributed by atoms with Crippen LogP contribution in [0.1, 0.15) is 0 Å². The first-order valence-electron chi connectivity index (χ1n) is 4.61. The molecule has 0 saturated carbocycles. The van der Waals surface area contributed by atoms with E-state index >= 15 is 0 Å². The van der Waals surface area contributed by atoms with Crippen molar-refractivity contribution in [3.05, 3.63) is 48.8 Å². The molecule has 0 atom stereocenters. The number of methoxy groups -OCH3 is 1. The third-order valence-electron chi connectivity index (χ3n) is 1.95. The van der Waals surface area contributed by atoms with Gasteiger partial charge in [0.2, 0.25) is 0 Å². The van der Waals surface area contributed by atoms with Crippen molar-refractivity contribution >= 4 is 0 Å². The van der Waals surface area contributed by atoms with Gasteiger partial charge in [0.25, 0.3) is 0 Å². The van der Waals surface area contributed by atoms with Gasteiger partial charge in [-0.2, -0.15) is 0 Å². The molecule has 0 aliphatic carbocycles. The van der Waals surface area contributed by atoms with Crippen LogP contribution in [0.15, 0.2) is 48.8 Å². The summed E-state index contributed by atoms with van der Waals surface area (Å²) in [5.41, 5.74) is 0. The smallest absolute Gasteiger partial charge is 0.169 e. The molecule has 0 saturated heterocycles. The molecular formula is C12H11NO2. The Kier molecular flexibility index (Phi) is 2.83. The Morgan fingerprint density at radius 3 is 2.27 bits per heavy atom. The van der Waals surface area contributed by atoms with Gasteiger partial charge in [-0.05, 0) is 24.3 Å². The van der Waals surface area contributed by atoms with E-state index in [9.17, 15) is 0 Å². The number of hydrogen-bond acceptors (Lipinski definition) is 3. The lowest BCUT2D eigenvalue weighted by molar-refractivity contribution is 0.379. The van der Waals surface area contributed by atoms with E-state index in [-0.39, 0.29) is 0 Å². The average Bonchev–Trinajstić information content (AvgIpc) is 2.31. The Morgan fingerprint density at radius 1 is 0.933 bits per heavy atom. The molecule has 0 aliphatic rings.